The summed E-state index contributed by atoms with van der Waals surface area (Å²) in [6, 6.07) is 4.62. The van der Waals surface area contributed by atoms with Gasteiger partial charge in [-0.25, -0.2) is 4.98 Å². The van der Waals surface area contributed by atoms with Crippen molar-refractivity contribution in [2.24, 2.45) is 0 Å². The van der Waals surface area contributed by atoms with E-state index in [9.17, 15) is 14.4 Å². The first-order valence-electron chi connectivity index (χ1n) is 6.65. The first-order chi connectivity index (χ1) is 11.4. The number of nitrogens with one attached hydrogen (secondary N) is 3. The minimum atomic E-state index is -0.598. The van der Waals surface area contributed by atoms with Crippen LogP contribution >= 0.6 is 24.0 Å². The molecule has 3 rings (SSSR count). The molecule has 3 N–H and O–H groups in total. The highest BCUT2D eigenvalue weighted by Crippen LogP contribution is 2.27. The van der Waals surface area contributed by atoms with E-state index in [1.807, 2.05) is 0 Å². The van der Waals surface area contributed by atoms with E-state index in [-0.39, 0.29) is 16.2 Å². The first kappa shape index (κ1) is 16.1. The van der Waals surface area contributed by atoms with Crippen molar-refractivity contribution in [1.29, 1.82) is 0 Å². The number of aromatic nitrogens is 2. The van der Waals surface area contributed by atoms with Gasteiger partial charge in [0, 0.05) is 11.8 Å². The molecule has 1 aliphatic heterocycles. The number of aromatic amines is 1. The van der Waals surface area contributed by atoms with Gasteiger partial charge in [0.15, 0.2) is 15.4 Å². The van der Waals surface area contributed by atoms with E-state index >= 15 is 0 Å². The van der Waals surface area contributed by atoms with Crippen molar-refractivity contribution in [3.63, 3.8) is 0 Å². The van der Waals surface area contributed by atoms with Gasteiger partial charge in [0.2, 0.25) is 0 Å². The number of hydrogen-bond donors (Lipinski definition) is 3. The Hall–Kier alpha value is -2.72. The molecule has 0 unspecified atom stereocenters. The molecular formula is C14H10N4O4S2. The molecule has 1 fully saturated rings. The number of thiocarbonyl (C=S) groups is 1. The molecule has 0 bridgehead atoms. The van der Waals surface area contributed by atoms with Gasteiger partial charge in [0.25, 0.3) is 17.4 Å². The molecule has 0 radical (unpaired) electrons. The molecule has 0 saturated carbocycles. The average molecular weight is 362 g/mol. The number of H-pyrrole nitrogens is 1. The second-order valence-corrected chi connectivity index (χ2v) is 6.15. The van der Waals surface area contributed by atoms with Crippen LogP contribution in [0.5, 0.6) is 0 Å². The summed E-state index contributed by atoms with van der Waals surface area (Å²) in [6.45, 7) is 1.71. The van der Waals surface area contributed by atoms with E-state index < -0.39 is 11.8 Å². The molecule has 2 aromatic rings. The third kappa shape index (κ3) is 3.60. The van der Waals surface area contributed by atoms with Crippen LogP contribution in [-0.2, 0) is 9.59 Å². The Kier molecular flexibility index (Phi) is 4.32. The highest BCUT2D eigenvalue weighted by Gasteiger charge is 2.26. The van der Waals surface area contributed by atoms with Crippen LogP contribution < -0.4 is 16.2 Å². The van der Waals surface area contributed by atoms with Crippen molar-refractivity contribution < 1.29 is 14.0 Å². The SMILES string of the molecule is Cc1cc(=O)[nH]c(Sc2ccc(C=C3C(=O)NC(=S)NC3=O)o2)n1. The molecule has 0 aromatic carbocycles. The summed E-state index contributed by atoms with van der Waals surface area (Å²) >= 11 is 5.84. The number of hydrogen-bond acceptors (Lipinski definition) is 7. The van der Waals surface area contributed by atoms with Gasteiger partial charge in [-0.3, -0.25) is 25.0 Å². The lowest BCUT2D eigenvalue weighted by atomic mass is 10.1. The molecule has 8 nitrogen and oxygen atoms in total. The monoisotopic (exact) mass is 362 g/mol. The Morgan fingerprint density at radius 2 is 1.92 bits per heavy atom. The van der Waals surface area contributed by atoms with Crippen molar-refractivity contribution in [2.75, 3.05) is 0 Å². The van der Waals surface area contributed by atoms with E-state index in [0.717, 1.165) is 11.8 Å². The van der Waals surface area contributed by atoms with Crippen molar-refractivity contribution in [3.05, 3.63) is 45.6 Å². The minimum Gasteiger partial charge on any atom is -0.450 e. The quantitative estimate of drug-likeness (QED) is 0.319. The van der Waals surface area contributed by atoms with Crippen molar-refractivity contribution in [2.45, 2.75) is 17.2 Å². The molecule has 2 amide bonds. The number of nitrogens with zero attached hydrogens (tertiary/aromatic N) is 1. The van der Waals surface area contributed by atoms with E-state index in [1.165, 1.54) is 12.1 Å². The van der Waals surface area contributed by atoms with Gasteiger partial charge in [-0.2, -0.15) is 0 Å². The number of rotatable bonds is 3. The van der Waals surface area contributed by atoms with Crippen LogP contribution in [0.2, 0.25) is 0 Å². The van der Waals surface area contributed by atoms with E-state index in [2.05, 4.69) is 20.6 Å². The minimum absolute atomic E-state index is 0.0349. The molecule has 0 atom stereocenters. The Bertz CT molecular complexity index is 922. The average Bonchev–Trinajstić information content (AvgIpc) is 2.89. The third-order valence-electron chi connectivity index (χ3n) is 2.88. The van der Waals surface area contributed by atoms with Crippen LogP contribution in [0.1, 0.15) is 11.5 Å². The summed E-state index contributed by atoms with van der Waals surface area (Å²) in [7, 11) is 0. The van der Waals surface area contributed by atoms with Crippen LogP contribution in [-0.4, -0.2) is 26.9 Å². The molecule has 3 heterocycles. The Morgan fingerprint density at radius 1 is 1.21 bits per heavy atom. The Balaban J connectivity index is 1.82. The highest BCUT2D eigenvalue weighted by atomic mass is 32.2. The van der Waals surface area contributed by atoms with Gasteiger partial charge >= 0.3 is 0 Å². The van der Waals surface area contributed by atoms with Crippen LogP contribution in [0.25, 0.3) is 6.08 Å². The van der Waals surface area contributed by atoms with Gasteiger partial charge in [0.1, 0.15) is 11.3 Å². The predicted octanol–water partition coefficient (Wildman–Crippen LogP) is 0.737. The zero-order valence-corrected chi connectivity index (χ0v) is 13.8. The maximum absolute atomic E-state index is 11.8. The summed E-state index contributed by atoms with van der Waals surface area (Å²) in [5.41, 5.74) is 0.212. The van der Waals surface area contributed by atoms with Gasteiger partial charge in [-0.05, 0) is 49.1 Å². The molecule has 1 aliphatic rings. The number of carbonyl (C=O) groups excluding carboxylic acids is 2. The highest BCUT2D eigenvalue weighted by molar-refractivity contribution is 7.99. The summed E-state index contributed by atoms with van der Waals surface area (Å²) in [6.07, 6.45) is 1.31. The molecule has 122 valence electrons. The van der Waals surface area contributed by atoms with Crippen molar-refractivity contribution in [3.8, 4) is 0 Å². The van der Waals surface area contributed by atoms with Gasteiger partial charge < -0.3 is 9.40 Å². The smallest absolute Gasteiger partial charge is 0.263 e. The lowest BCUT2D eigenvalue weighted by Gasteiger charge is -2.15. The Labute approximate surface area is 144 Å². The number of amides is 2. The maximum Gasteiger partial charge on any atom is 0.263 e. The second-order valence-electron chi connectivity index (χ2n) is 4.75. The lowest BCUT2D eigenvalue weighted by molar-refractivity contribution is -0.123. The molecule has 0 aliphatic carbocycles. The third-order valence-corrected chi connectivity index (χ3v) is 3.89. The van der Waals surface area contributed by atoms with Crippen LogP contribution in [0, 0.1) is 6.92 Å². The summed E-state index contributed by atoms with van der Waals surface area (Å²) in [5.74, 6) is -0.890. The topological polar surface area (TPSA) is 117 Å². The van der Waals surface area contributed by atoms with Gasteiger partial charge in [-0.1, -0.05) is 0 Å². The fourth-order valence-electron chi connectivity index (χ4n) is 1.91. The fourth-order valence-corrected chi connectivity index (χ4v) is 2.90. The first-order valence-corrected chi connectivity index (χ1v) is 7.87. The summed E-state index contributed by atoms with van der Waals surface area (Å²) < 4.78 is 5.53. The van der Waals surface area contributed by atoms with E-state index in [4.69, 9.17) is 16.6 Å². The van der Waals surface area contributed by atoms with Gasteiger partial charge in [0.05, 0.1) is 0 Å². The van der Waals surface area contributed by atoms with Gasteiger partial charge in [-0.15, -0.1) is 0 Å². The molecule has 10 heteroatoms. The van der Waals surface area contributed by atoms with Crippen molar-refractivity contribution in [1.82, 2.24) is 20.6 Å². The Morgan fingerprint density at radius 3 is 2.58 bits per heavy atom. The van der Waals surface area contributed by atoms with Crippen LogP contribution in [0.4, 0.5) is 0 Å². The number of carbonyl (C=O) groups is 2. The fraction of sp³-hybridized carbons (Fsp3) is 0.0714. The lowest BCUT2D eigenvalue weighted by Crippen LogP contribution is -2.51. The van der Waals surface area contributed by atoms with E-state index in [0.29, 0.717) is 21.7 Å². The largest absolute Gasteiger partial charge is 0.450 e. The molecule has 0 spiro atoms. The summed E-state index contributed by atoms with van der Waals surface area (Å²) in [5, 5.41) is 5.46. The van der Waals surface area contributed by atoms with E-state index in [1.54, 1.807) is 19.1 Å². The molecule has 2 aromatic heterocycles. The van der Waals surface area contributed by atoms with Crippen molar-refractivity contribution >= 4 is 47.0 Å². The molecule has 1 saturated heterocycles. The van der Waals surface area contributed by atoms with Crippen LogP contribution in [0.15, 0.2) is 43.2 Å². The maximum atomic E-state index is 11.8. The zero-order valence-electron chi connectivity index (χ0n) is 12.2. The summed E-state index contributed by atoms with van der Waals surface area (Å²) in [4.78, 5) is 41.7. The second kappa shape index (κ2) is 6.42. The zero-order chi connectivity index (χ0) is 17.3. The number of furan rings is 1. The standard InChI is InChI=1S/C14H10N4O4S2/c1-6-4-9(19)16-14(15-6)24-10-3-2-7(22-10)5-8-11(20)17-13(23)18-12(8)21/h2-5H,1H3,(H,15,16,19)(H2,17,18,20,21,23). The van der Waals surface area contributed by atoms with Crippen LogP contribution in [0.3, 0.4) is 0 Å². The molecular weight excluding hydrogens is 352 g/mol. The predicted molar refractivity (Wildman–Crippen MR) is 89.3 cm³/mol. The number of aryl methyl sites for hydroxylation is 1. The molecule has 24 heavy (non-hydrogen) atoms. The normalized spacial score (nSPS) is 14.4.